The molecule has 0 spiro atoms. The first kappa shape index (κ1) is 13.6. The number of benzene rings is 1. The van der Waals surface area contributed by atoms with E-state index >= 15 is 0 Å². The zero-order valence-corrected chi connectivity index (χ0v) is 10.5. The van der Waals surface area contributed by atoms with Gasteiger partial charge in [-0.15, -0.1) is 0 Å². The highest BCUT2D eigenvalue weighted by molar-refractivity contribution is 5.94. The maximum atomic E-state index is 13.7. The molecule has 3 nitrogen and oxygen atoms in total. The third-order valence-corrected chi connectivity index (χ3v) is 2.70. The molecular weight excluding hydrogens is 217 g/mol. The van der Waals surface area contributed by atoms with Crippen LogP contribution in [-0.2, 0) is 6.54 Å². The molecule has 0 aliphatic rings. The molecule has 94 valence electrons. The largest absolute Gasteiger partial charge is 0.384 e. The van der Waals surface area contributed by atoms with E-state index < -0.39 is 0 Å². The molecule has 0 heterocycles. The summed E-state index contributed by atoms with van der Waals surface area (Å²) in [5.41, 5.74) is 6.39. The first-order chi connectivity index (χ1) is 8.04. The van der Waals surface area contributed by atoms with E-state index in [1.807, 2.05) is 7.05 Å². The van der Waals surface area contributed by atoms with Gasteiger partial charge in [0.2, 0.25) is 0 Å². The Balaban J connectivity index is 2.69. The third-order valence-electron chi connectivity index (χ3n) is 2.70. The highest BCUT2D eigenvalue weighted by Gasteiger charge is 2.07. The molecule has 17 heavy (non-hydrogen) atoms. The summed E-state index contributed by atoms with van der Waals surface area (Å²) in [5.74, 6) is -0.393. The van der Waals surface area contributed by atoms with Crippen LogP contribution in [0.3, 0.4) is 0 Å². The van der Waals surface area contributed by atoms with Crippen LogP contribution in [-0.4, -0.2) is 24.3 Å². The van der Waals surface area contributed by atoms with Crippen LogP contribution in [0.4, 0.5) is 4.39 Å². The van der Waals surface area contributed by atoms with Gasteiger partial charge in [-0.2, -0.15) is 0 Å². The maximum absolute atomic E-state index is 13.7. The predicted molar refractivity (Wildman–Crippen MR) is 68.7 cm³/mol. The van der Waals surface area contributed by atoms with E-state index in [1.165, 1.54) is 6.07 Å². The molecule has 4 heteroatoms. The van der Waals surface area contributed by atoms with Gasteiger partial charge < -0.3 is 10.6 Å². The van der Waals surface area contributed by atoms with Gasteiger partial charge in [-0.3, -0.25) is 5.41 Å². The third kappa shape index (κ3) is 4.15. The fourth-order valence-corrected chi connectivity index (χ4v) is 1.64. The van der Waals surface area contributed by atoms with Crippen LogP contribution in [0.2, 0.25) is 0 Å². The second-order valence-corrected chi connectivity index (χ2v) is 4.31. The molecule has 0 aromatic heterocycles. The van der Waals surface area contributed by atoms with Crippen LogP contribution < -0.4 is 5.73 Å². The van der Waals surface area contributed by atoms with Crippen molar-refractivity contribution in [3.8, 4) is 0 Å². The van der Waals surface area contributed by atoms with E-state index in [4.69, 9.17) is 11.1 Å². The average molecular weight is 237 g/mol. The molecule has 0 amide bonds. The lowest BCUT2D eigenvalue weighted by Gasteiger charge is -2.16. The Hall–Kier alpha value is -1.42. The minimum atomic E-state index is -0.291. The summed E-state index contributed by atoms with van der Waals surface area (Å²) < 4.78 is 13.7. The summed E-state index contributed by atoms with van der Waals surface area (Å²) in [6.07, 6.45) is 2.25. The lowest BCUT2D eigenvalue weighted by atomic mass is 10.1. The van der Waals surface area contributed by atoms with Crippen molar-refractivity contribution >= 4 is 5.84 Å². The van der Waals surface area contributed by atoms with Crippen LogP contribution in [0.5, 0.6) is 0 Å². The molecule has 3 N–H and O–H groups in total. The normalized spacial score (nSPS) is 10.8. The summed E-state index contributed by atoms with van der Waals surface area (Å²) in [4.78, 5) is 2.09. The highest BCUT2D eigenvalue weighted by Crippen LogP contribution is 2.12. The number of unbranched alkanes of at least 4 members (excludes halogenated alkanes) is 1. The lowest BCUT2D eigenvalue weighted by Crippen LogP contribution is -2.20. The van der Waals surface area contributed by atoms with Crippen LogP contribution in [0.25, 0.3) is 0 Å². The number of halogens is 1. The number of nitrogen functional groups attached to an aromatic ring is 1. The summed E-state index contributed by atoms with van der Waals surface area (Å²) in [6.45, 7) is 3.69. The Kier molecular flexibility index (Phi) is 5.10. The van der Waals surface area contributed by atoms with Gasteiger partial charge in [-0.25, -0.2) is 4.39 Å². The topological polar surface area (TPSA) is 53.1 Å². The summed E-state index contributed by atoms with van der Waals surface area (Å²) >= 11 is 0. The van der Waals surface area contributed by atoms with Crippen molar-refractivity contribution in [2.75, 3.05) is 13.6 Å². The van der Waals surface area contributed by atoms with Gasteiger partial charge in [0.1, 0.15) is 11.7 Å². The van der Waals surface area contributed by atoms with Gasteiger partial charge in [-0.05, 0) is 26.1 Å². The number of hydrogen-bond donors (Lipinski definition) is 2. The summed E-state index contributed by atoms with van der Waals surface area (Å²) in [7, 11) is 1.98. The van der Waals surface area contributed by atoms with Crippen LogP contribution >= 0.6 is 0 Å². The van der Waals surface area contributed by atoms with E-state index in [9.17, 15) is 4.39 Å². The Labute approximate surface area is 102 Å². The van der Waals surface area contributed by atoms with E-state index in [-0.39, 0.29) is 11.7 Å². The SMILES string of the molecule is CCCCN(C)Cc1ccc(C(=N)N)cc1F. The second-order valence-electron chi connectivity index (χ2n) is 4.31. The van der Waals surface area contributed by atoms with Gasteiger partial charge >= 0.3 is 0 Å². The number of nitrogens with two attached hydrogens (primary N) is 1. The number of hydrogen-bond acceptors (Lipinski definition) is 2. The van der Waals surface area contributed by atoms with Gasteiger partial charge in [-0.1, -0.05) is 25.5 Å². The number of nitrogens with one attached hydrogen (secondary N) is 1. The molecule has 0 aliphatic carbocycles. The molecule has 0 unspecified atom stereocenters. The van der Waals surface area contributed by atoms with E-state index in [1.54, 1.807) is 12.1 Å². The van der Waals surface area contributed by atoms with Crippen molar-refractivity contribution in [2.45, 2.75) is 26.3 Å². The van der Waals surface area contributed by atoms with Crippen molar-refractivity contribution in [1.29, 1.82) is 5.41 Å². The van der Waals surface area contributed by atoms with E-state index in [0.717, 1.165) is 19.4 Å². The molecule has 1 rings (SSSR count). The van der Waals surface area contributed by atoms with Crippen LogP contribution in [0, 0.1) is 11.2 Å². The fourth-order valence-electron chi connectivity index (χ4n) is 1.64. The lowest BCUT2D eigenvalue weighted by molar-refractivity contribution is 0.315. The first-order valence-electron chi connectivity index (χ1n) is 5.86. The molecule has 1 aromatic carbocycles. The smallest absolute Gasteiger partial charge is 0.128 e. The van der Waals surface area contributed by atoms with E-state index in [0.29, 0.717) is 17.7 Å². The second kappa shape index (κ2) is 6.35. The molecular formula is C13H20FN3. The van der Waals surface area contributed by atoms with Gasteiger partial charge in [0, 0.05) is 17.7 Å². The van der Waals surface area contributed by atoms with Crippen molar-refractivity contribution < 1.29 is 4.39 Å². The van der Waals surface area contributed by atoms with Crippen molar-refractivity contribution in [3.63, 3.8) is 0 Å². The monoisotopic (exact) mass is 237 g/mol. The average Bonchev–Trinajstić information content (AvgIpc) is 2.28. The fraction of sp³-hybridized carbons (Fsp3) is 0.462. The molecule has 0 saturated carbocycles. The van der Waals surface area contributed by atoms with Crippen molar-refractivity contribution in [3.05, 3.63) is 35.1 Å². The quantitative estimate of drug-likeness (QED) is 0.589. The number of amidine groups is 1. The zero-order chi connectivity index (χ0) is 12.8. The van der Waals surface area contributed by atoms with Gasteiger partial charge in [0.15, 0.2) is 0 Å². The van der Waals surface area contributed by atoms with Gasteiger partial charge in [0.05, 0.1) is 0 Å². The maximum Gasteiger partial charge on any atom is 0.128 e. The Morgan fingerprint density at radius 1 is 1.47 bits per heavy atom. The minimum Gasteiger partial charge on any atom is -0.384 e. The minimum absolute atomic E-state index is 0.102. The standard InChI is InChI=1S/C13H20FN3/c1-3-4-7-17(2)9-11-6-5-10(13(15)16)8-12(11)14/h5-6,8H,3-4,7,9H2,1-2H3,(H3,15,16). The molecule has 0 atom stereocenters. The van der Waals surface area contributed by atoms with Crippen molar-refractivity contribution in [2.24, 2.45) is 5.73 Å². The molecule has 0 radical (unpaired) electrons. The summed E-state index contributed by atoms with van der Waals surface area (Å²) in [6, 6.07) is 4.72. The molecule has 0 bridgehead atoms. The first-order valence-corrected chi connectivity index (χ1v) is 5.86. The molecule has 0 saturated heterocycles. The predicted octanol–water partition coefficient (Wildman–Crippen LogP) is 2.34. The van der Waals surface area contributed by atoms with Crippen LogP contribution in [0.1, 0.15) is 30.9 Å². The van der Waals surface area contributed by atoms with E-state index in [2.05, 4.69) is 11.8 Å². The summed E-state index contributed by atoms with van der Waals surface area (Å²) in [5, 5.41) is 7.24. The van der Waals surface area contributed by atoms with Crippen LogP contribution in [0.15, 0.2) is 18.2 Å². The van der Waals surface area contributed by atoms with Crippen molar-refractivity contribution in [1.82, 2.24) is 4.90 Å². The Bertz CT molecular complexity index is 390. The number of nitrogens with zero attached hydrogens (tertiary/aromatic N) is 1. The van der Waals surface area contributed by atoms with Gasteiger partial charge in [0.25, 0.3) is 0 Å². The Morgan fingerprint density at radius 2 is 2.18 bits per heavy atom. The molecule has 0 fully saturated rings. The zero-order valence-electron chi connectivity index (χ0n) is 10.5. The molecule has 0 aliphatic heterocycles. The number of rotatable bonds is 6. The molecule has 1 aromatic rings. The Morgan fingerprint density at radius 3 is 2.71 bits per heavy atom. The highest BCUT2D eigenvalue weighted by atomic mass is 19.1.